The first-order valence-electron chi connectivity index (χ1n) is 27.1. The van der Waals surface area contributed by atoms with Crippen LogP contribution in [0.15, 0.2) is 133 Å². The first kappa shape index (κ1) is 54.6. The SMILES string of the molecule is C[C@H](C[C@H](C)Oc1ccc(F)cc1-c1cc(F)cc(-n2c3ccc(C(C)(C)C)cc3c3cc(C(C)(C)C)ccc32)c1O)Oc1ccc(F)cc1-c1cc(F)cc(-n2c3ccc(C(C)(C)C)cc3c3cc(C(C)(C)C)ccc32)c1O. The molecule has 0 spiro atoms. The van der Waals surface area contributed by atoms with Gasteiger partial charge < -0.3 is 28.8 Å². The van der Waals surface area contributed by atoms with Gasteiger partial charge in [0, 0.05) is 62.4 Å². The van der Waals surface area contributed by atoms with Gasteiger partial charge in [-0.3, -0.25) is 0 Å². The Bertz CT molecular complexity index is 3640. The van der Waals surface area contributed by atoms with Crippen LogP contribution < -0.4 is 9.47 Å². The molecule has 0 aliphatic heterocycles. The number of hydrogen-bond donors (Lipinski definition) is 2. The summed E-state index contributed by atoms with van der Waals surface area (Å²) in [4.78, 5) is 0. The Hall–Kier alpha value is -7.72. The van der Waals surface area contributed by atoms with E-state index in [9.17, 15) is 10.2 Å². The molecular formula is C69H70F4N2O4. The van der Waals surface area contributed by atoms with Crippen LogP contribution in [0.25, 0.3) is 77.2 Å². The van der Waals surface area contributed by atoms with Crippen LogP contribution in [0.4, 0.5) is 17.6 Å². The summed E-state index contributed by atoms with van der Waals surface area (Å²) in [7, 11) is 0. The number of aromatic hydroxyl groups is 2. The molecule has 2 aromatic heterocycles. The minimum atomic E-state index is -0.647. The molecule has 0 bridgehead atoms. The van der Waals surface area contributed by atoms with Crippen LogP contribution >= 0.6 is 0 Å². The summed E-state index contributed by atoms with van der Waals surface area (Å²) < 4.78 is 80.0. The van der Waals surface area contributed by atoms with Crippen molar-refractivity contribution in [2.75, 3.05) is 0 Å². The lowest BCUT2D eigenvalue weighted by Gasteiger charge is -2.24. The summed E-state index contributed by atoms with van der Waals surface area (Å²) >= 11 is 0. The summed E-state index contributed by atoms with van der Waals surface area (Å²) in [6, 6.07) is 37.6. The summed E-state index contributed by atoms with van der Waals surface area (Å²) in [5.41, 5.74) is 7.64. The van der Waals surface area contributed by atoms with Crippen molar-refractivity contribution in [1.82, 2.24) is 9.13 Å². The predicted molar refractivity (Wildman–Crippen MR) is 315 cm³/mol. The highest BCUT2D eigenvalue weighted by atomic mass is 19.1. The predicted octanol–water partition coefficient (Wildman–Crippen LogP) is 19.0. The van der Waals surface area contributed by atoms with Gasteiger partial charge in [-0.1, -0.05) is 107 Å². The molecule has 10 rings (SSSR count). The molecule has 6 nitrogen and oxygen atoms in total. The number of rotatable bonds is 10. The van der Waals surface area contributed by atoms with Crippen molar-refractivity contribution in [3.8, 4) is 56.6 Å². The third-order valence-electron chi connectivity index (χ3n) is 15.4. The van der Waals surface area contributed by atoms with E-state index >= 15 is 17.6 Å². The van der Waals surface area contributed by atoms with E-state index in [4.69, 9.17) is 9.47 Å². The number of phenols is 2. The van der Waals surface area contributed by atoms with Gasteiger partial charge in [-0.2, -0.15) is 0 Å². The van der Waals surface area contributed by atoms with Crippen LogP contribution in [-0.4, -0.2) is 31.6 Å². The Labute approximate surface area is 460 Å². The number of hydrogen-bond acceptors (Lipinski definition) is 4. The minimum Gasteiger partial charge on any atom is -0.505 e. The van der Waals surface area contributed by atoms with Crippen molar-refractivity contribution >= 4 is 43.6 Å². The number of fused-ring (bicyclic) bond motifs is 6. The normalized spacial score (nSPS) is 13.5. The molecule has 10 aromatic rings. The smallest absolute Gasteiger partial charge is 0.147 e. The van der Waals surface area contributed by atoms with Gasteiger partial charge in [0.1, 0.15) is 46.3 Å². The Balaban J connectivity index is 0.978. The van der Waals surface area contributed by atoms with Crippen molar-refractivity contribution in [1.29, 1.82) is 0 Å². The number of nitrogens with zero attached hydrogens (tertiary/aromatic N) is 2. The summed E-state index contributed by atoms with van der Waals surface area (Å²) in [5.74, 6) is -2.69. The zero-order valence-corrected chi connectivity index (χ0v) is 47.7. The van der Waals surface area contributed by atoms with Gasteiger partial charge in [0.15, 0.2) is 0 Å². The average molecular weight is 1070 g/mol. The third-order valence-corrected chi connectivity index (χ3v) is 15.4. The topological polar surface area (TPSA) is 68.8 Å². The lowest BCUT2D eigenvalue weighted by atomic mass is 9.85. The van der Waals surface area contributed by atoms with Crippen LogP contribution in [-0.2, 0) is 21.7 Å². The molecule has 408 valence electrons. The first-order chi connectivity index (χ1) is 37.0. The summed E-state index contributed by atoms with van der Waals surface area (Å²) in [6.07, 6.45) is -1.00. The van der Waals surface area contributed by atoms with Gasteiger partial charge in [-0.15, -0.1) is 0 Å². The van der Waals surface area contributed by atoms with E-state index in [-0.39, 0.29) is 84.7 Å². The van der Waals surface area contributed by atoms with E-state index < -0.39 is 35.5 Å². The molecule has 0 aliphatic rings. The highest BCUT2D eigenvalue weighted by Crippen LogP contribution is 2.47. The van der Waals surface area contributed by atoms with Crippen LogP contribution in [0.2, 0.25) is 0 Å². The van der Waals surface area contributed by atoms with Gasteiger partial charge in [-0.25, -0.2) is 17.6 Å². The molecule has 0 saturated carbocycles. The van der Waals surface area contributed by atoms with Gasteiger partial charge in [0.25, 0.3) is 0 Å². The molecule has 8 aromatic carbocycles. The number of phenolic OH excluding ortho intramolecular Hbond substituents is 2. The Morgan fingerprint density at radius 3 is 0.924 bits per heavy atom. The lowest BCUT2D eigenvalue weighted by Crippen LogP contribution is -2.23. The maximum Gasteiger partial charge on any atom is 0.147 e. The molecule has 0 radical (unpaired) electrons. The zero-order chi connectivity index (χ0) is 57.0. The molecule has 2 atom stereocenters. The molecule has 0 unspecified atom stereocenters. The lowest BCUT2D eigenvalue weighted by molar-refractivity contribution is 0.131. The van der Waals surface area contributed by atoms with Crippen molar-refractivity contribution in [2.24, 2.45) is 0 Å². The van der Waals surface area contributed by atoms with Crippen LogP contribution in [0.5, 0.6) is 23.0 Å². The van der Waals surface area contributed by atoms with Gasteiger partial charge >= 0.3 is 0 Å². The number of ether oxygens (including phenoxy) is 2. The van der Waals surface area contributed by atoms with Crippen LogP contribution in [0.3, 0.4) is 0 Å². The average Bonchev–Trinajstić information content (AvgIpc) is 3.75. The van der Waals surface area contributed by atoms with Crippen molar-refractivity contribution < 1.29 is 37.2 Å². The number of aromatic nitrogens is 2. The van der Waals surface area contributed by atoms with Crippen molar-refractivity contribution in [3.05, 3.63) is 179 Å². The molecule has 79 heavy (non-hydrogen) atoms. The quantitative estimate of drug-likeness (QED) is 0.134. The van der Waals surface area contributed by atoms with E-state index in [0.29, 0.717) is 0 Å². The minimum absolute atomic E-state index is 0.0315. The monoisotopic (exact) mass is 1070 g/mol. The Morgan fingerprint density at radius 1 is 0.367 bits per heavy atom. The maximum absolute atomic E-state index is 16.2. The number of benzene rings is 8. The Kier molecular flexibility index (Phi) is 13.5. The molecule has 0 aliphatic carbocycles. The van der Waals surface area contributed by atoms with E-state index in [1.165, 1.54) is 60.7 Å². The van der Waals surface area contributed by atoms with E-state index in [1.54, 1.807) is 13.8 Å². The molecule has 2 N–H and O–H groups in total. The second-order valence-corrected chi connectivity index (χ2v) is 25.6. The molecule has 0 fully saturated rings. The Morgan fingerprint density at radius 2 is 0.646 bits per heavy atom. The van der Waals surface area contributed by atoms with Gasteiger partial charge in [-0.05, 0) is 155 Å². The maximum atomic E-state index is 16.2. The van der Waals surface area contributed by atoms with Crippen LogP contribution in [0.1, 0.15) is 126 Å². The fourth-order valence-electron chi connectivity index (χ4n) is 11.0. The van der Waals surface area contributed by atoms with E-state index in [2.05, 4.69) is 132 Å². The largest absolute Gasteiger partial charge is 0.505 e. The highest BCUT2D eigenvalue weighted by molar-refractivity contribution is 6.11. The van der Waals surface area contributed by atoms with E-state index in [0.717, 1.165) is 65.9 Å². The second-order valence-electron chi connectivity index (χ2n) is 25.6. The first-order valence-corrected chi connectivity index (χ1v) is 27.1. The molecule has 0 saturated heterocycles. The number of halogens is 4. The fraction of sp³-hybridized carbons (Fsp3) is 0.304. The molecule has 2 heterocycles. The van der Waals surface area contributed by atoms with Crippen molar-refractivity contribution in [2.45, 2.75) is 137 Å². The third kappa shape index (κ3) is 10.3. The van der Waals surface area contributed by atoms with Crippen molar-refractivity contribution in [3.63, 3.8) is 0 Å². The second kappa shape index (κ2) is 19.6. The molecular weight excluding hydrogens is 997 g/mol. The van der Waals surface area contributed by atoms with Gasteiger partial charge in [0.05, 0.1) is 45.6 Å². The van der Waals surface area contributed by atoms with Gasteiger partial charge in [0.2, 0.25) is 0 Å². The fourth-order valence-corrected chi connectivity index (χ4v) is 11.0. The molecule has 0 amide bonds. The summed E-state index contributed by atoms with van der Waals surface area (Å²) in [6.45, 7) is 29.4. The summed E-state index contributed by atoms with van der Waals surface area (Å²) in [5, 5.41) is 28.5. The standard InChI is InChI=1S/C69H70F4N2O4/c1-38(78-62-25-19-44(70)32-52(62)54-34-46(72)36-60(64(54)76)74-56-21-15-40(66(3,4)5)28-48(56)49-29-41(67(6,7)8)16-22-57(49)74)27-39(2)79-63-26-20-45(71)33-53(63)55-35-47(73)37-61(65(55)77)75-58-23-17-42(68(9,10)11)30-50(58)51-31-43(69(12,13)14)18-24-59(51)75/h15-26,28-39,76-77H,27H2,1-14H3/t38-,39+. The van der Waals surface area contributed by atoms with Crippen LogP contribution in [0, 0.1) is 23.3 Å². The highest BCUT2D eigenvalue weighted by Gasteiger charge is 2.28. The van der Waals surface area contributed by atoms with E-state index in [1.807, 2.05) is 33.4 Å². The zero-order valence-electron chi connectivity index (χ0n) is 47.7. The molecule has 10 heteroatoms.